The Kier molecular flexibility index (Phi) is 5.45. The predicted octanol–water partition coefficient (Wildman–Crippen LogP) is 1.55. The van der Waals surface area contributed by atoms with Crippen molar-refractivity contribution in [3.8, 4) is 0 Å². The largest absolute Gasteiger partial charge is 0.368 e. The highest BCUT2D eigenvalue weighted by molar-refractivity contribution is 5.81. The van der Waals surface area contributed by atoms with Gasteiger partial charge in [0.15, 0.2) is 0 Å². The summed E-state index contributed by atoms with van der Waals surface area (Å²) in [6, 6.07) is 0.493. The molecule has 0 aromatic rings. The Morgan fingerprint density at radius 1 is 1.39 bits per heavy atom. The van der Waals surface area contributed by atoms with Gasteiger partial charge in [0.05, 0.1) is 0 Å². The molecule has 2 aliphatic heterocycles. The standard InChI is InChI=1S/C14H26N2O2/c1-2-3-9-16(11-12-6-4-8-15-12)14(17)13-7-5-10-18-13/h12-13,15H,2-11H2,1H3/t12?,13-/m1/s1. The molecule has 4 nitrogen and oxygen atoms in total. The summed E-state index contributed by atoms with van der Waals surface area (Å²) >= 11 is 0. The lowest BCUT2D eigenvalue weighted by molar-refractivity contribution is -0.141. The summed E-state index contributed by atoms with van der Waals surface area (Å²) in [4.78, 5) is 14.4. The molecule has 1 N–H and O–H groups in total. The van der Waals surface area contributed by atoms with E-state index >= 15 is 0 Å². The van der Waals surface area contributed by atoms with Crippen LogP contribution in [0.25, 0.3) is 0 Å². The van der Waals surface area contributed by atoms with Crippen LogP contribution in [0.3, 0.4) is 0 Å². The molecule has 0 spiro atoms. The van der Waals surface area contributed by atoms with Crippen LogP contribution in [-0.4, -0.2) is 49.2 Å². The summed E-state index contributed by atoms with van der Waals surface area (Å²) in [5, 5.41) is 3.47. The van der Waals surface area contributed by atoms with Crippen molar-refractivity contribution >= 4 is 5.91 Å². The minimum atomic E-state index is -0.164. The van der Waals surface area contributed by atoms with Crippen molar-refractivity contribution in [1.29, 1.82) is 0 Å². The van der Waals surface area contributed by atoms with Gasteiger partial charge in [-0.05, 0) is 38.6 Å². The van der Waals surface area contributed by atoms with Crippen LogP contribution in [-0.2, 0) is 9.53 Å². The fraction of sp³-hybridized carbons (Fsp3) is 0.929. The monoisotopic (exact) mass is 254 g/mol. The molecule has 2 fully saturated rings. The number of nitrogens with zero attached hydrogens (tertiary/aromatic N) is 1. The predicted molar refractivity (Wildman–Crippen MR) is 71.5 cm³/mol. The Balaban J connectivity index is 1.87. The molecule has 0 aliphatic carbocycles. The molecule has 0 aromatic heterocycles. The highest BCUT2D eigenvalue weighted by Gasteiger charge is 2.29. The number of ether oxygens (including phenoxy) is 1. The van der Waals surface area contributed by atoms with Crippen LogP contribution < -0.4 is 5.32 Å². The van der Waals surface area contributed by atoms with Gasteiger partial charge >= 0.3 is 0 Å². The van der Waals surface area contributed by atoms with Crippen molar-refractivity contribution in [2.24, 2.45) is 0 Å². The molecule has 2 aliphatic rings. The Morgan fingerprint density at radius 3 is 2.89 bits per heavy atom. The van der Waals surface area contributed by atoms with Crippen LogP contribution in [0, 0.1) is 0 Å². The Hall–Kier alpha value is -0.610. The first-order valence-electron chi connectivity index (χ1n) is 7.45. The maximum Gasteiger partial charge on any atom is 0.251 e. The third-order valence-electron chi connectivity index (χ3n) is 3.90. The summed E-state index contributed by atoms with van der Waals surface area (Å²) in [7, 11) is 0. The first-order valence-corrected chi connectivity index (χ1v) is 7.45. The maximum absolute atomic E-state index is 12.4. The summed E-state index contributed by atoms with van der Waals surface area (Å²) < 4.78 is 5.53. The molecule has 1 amide bonds. The van der Waals surface area contributed by atoms with E-state index in [0.29, 0.717) is 6.04 Å². The van der Waals surface area contributed by atoms with Crippen molar-refractivity contribution in [3.05, 3.63) is 0 Å². The smallest absolute Gasteiger partial charge is 0.251 e. The third-order valence-corrected chi connectivity index (χ3v) is 3.90. The Bertz CT molecular complexity index is 259. The number of carbonyl (C=O) groups is 1. The van der Waals surface area contributed by atoms with E-state index in [1.807, 2.05) is 4.90 Å². The third kappa shape index (κ3) is 3.69. The SMILES string of the molecule is CCCCN(CC1CCCN1)C(=O)[C@H]1CCCO1. The lowest BCUT2D eigenvalue weighted by Crippen LogP contribution is -2.45. The highest BCUT2D eigenvalue weighted by Crippen LogP contribution is 2.16. The Labute approximate surface area is 110 Å². The van der Waals surface area contributed by atoms with Gasteiger partial charge < -0.3 is 15.0 Å². The van der Waals surface area contributed by atoms with Gasteiger partial charge in [-0.1, -0.05) is 13.3 Å². The van der Waals surface area contributed by atoms with Gasteiger partial charge in [-0.3, -0.25) is 4.79 Å². The van der Waals surface area contributed by atoms with Crippen LogP contribution in [0.15, 0.2) is 0 Å². The van der Waals surface area contributed by atoms with Crippen LogP contribution in [0.5, 0.6) is 0 Å². The van der Waals surface area contributed by atoms with Gasteiger partial charge in [0, 0.05) is 25.7 Å². The van der Waals surface area contributed by atoms with E-state index in [1.165, 1.54) is 12.8 Å². The minimum absolute atomic E-state index is 0.164. The average Bonchev–Trinajstić information content (AvgIpc) is 3.06. The van der Waals surface area contributed by atoms with Crippen LogP contribution >= 0.6 is 0 Å². The van der Waals surface area contributed by atoms with Crippen LogP contribution in [0.2, 0.25) is 0 Å². The zero-order valence-electron chi connectivity index (χ0n) is 11.5. The van der Waals surface area contributed by atoms with Gasteiger partial charge in [0.1, 0.15) is 6.10 Å². The van der Waals surface area contributed by atoms with E-state index < -0.39 is 0 Å². The normalized spacial score (nSPS) is 27.6. The molecule has 18 heavy (non-hydrogen) atoms. The molecular formula is C14H26N2O2. The molecule has 4 heteroatoms. The lowest BCUT2D eigenvalue weighted by atomic mass is 10.1. The Morgan fingerprint density at radius 2 is 2.28 bits per heavy atom. The summed E-state index contributed by atoms with van der Waals surface area (Å²) in [6.07, 6.45) is 6.42. The van der Waals surface area contributed by atoms with Crippen molar-refractivity contribution in [2.45, 2.75) is 57.6 Å². The number of amides is 1. The molecule has 0 radical (unpaired) electrons. The molecule has 2 atom stereocenters. The van der Waals surface area contributed by atoms with E-state index in [1.54, 1.807) is 0 Å². The lowest BCUT2D eigenvalue weighted by Gasteiger charge is -2.28. The van der Waals surface area contributed by atoms with E-state index in [-0.39, 0.29) is 12.0 Å². The van der Waals surface area contributed by atoms with E-state index in [2.05, 4.69) is 12.2 Å². The zero-order chi connectivity index (χ0) is 12.8. The minimum Gasteiger partial charge on any atom is -0.368 e. The van der Waals surface area contributed by atoms with Gasteiger partial charge in [-0.15, -0.1) is 0 Å². The number of hydrogen-bond acceptors (Lipinski definition) is 3. The zero-order valence-corrected chi connectivity index (χ0v) is 11.5. The van der Waals surface area contributed by atoms with Crippen molar-refractivity contribution in [1.82, 2.24) is 10.2 Å². The summed E-state index contributed by atoms with van der Waals surface area (Å²) in [6.45, 7) is 5.76. The number of nitrogens with one attached hydrogen (secondary N) is 1. The highest BCUT2D eigenvalue weighted by atomic mass is 16.5. The maximum atomic E-state index is 12.4. The van der Waals surface area contributed by atoms with E-state index in [4.69, 9.17) is 4.74 Å². The molecule has 2 rings (SSSR count). The average molecular weight is 254 g/mol. The number of carbonyl (C=O) groups excluding carboxylic acids is 1. The van der Waals surface area contributed by atoms with Crippen LogP contribution in [0.1, 0.15) is 45.4 Å². The molecule has 0 saturated carbocycles. The molecule has 104 valence electrons. The fourth-order valence-corrected chi connectivity index (χ4v) is 2.80. The molecule has 0 bridgehead atoms. The fourth-order valence-electron chi connectivity index (χ4n) is 2.80. The van der Waals surface area contributed by atoms with Crippen molar-refractivity contribution < 1.29 is 9.53 Å². The molecule has 2 heterocycles. The summed E-state index contributed by atoms with van der Waals surface area (Å²) in [5.41, 5.74) is 0. The molecular weight excluding hydrogens is 228 g/mol. The van der Waals surface area contributed by atoms with Gasteiger partial charge in [-0.2, -0.15) is 0 Å². The van der Waals surface area contributed by atoms with Gasteiger partial charge in [-0.25, -0.2) is 0 Å². The molecule has 0 aromatic carbocycles. The van der Waals surface area contributed by atoms with Gasteiger partial charge in [0.25, 0.3) is 5.91 Å². The van der Waals surface area contributed by atoms with Crippen molar-refractivity contribution in [2.75, 3.05) is 26.2 Å². The van der Waals surface area contributed by atoms with Gasteiger partial charge in [0.2, 0.25) is 0 Å². The topological polar surface area (TPSA) is 41.6 Å². The van der Waals surface area contributed by atoms with E-state index in [9.17, 15) is 4.79 Å². The van der Waals surface area contributed by atoms with Crippen molar-refractivity contribution in [3.63, 3.8) is 0 Å². The molecule has 1 unspecified atom stereocenters. The van der Waals surface area contributed by atoms with E-state index in [0.717, 1.165) is 51.9 Å². The molecule has 2 saturated heterocycles. The first-order chi connectivity index (χ1) is 8.81. The summed E-state index contributed by atoms with van der Waals surface area (Å²) in [5.74, 6) is 0.217. The second kappa shape index (κ2) is 7.10. The number of rotatable bonds is 6. The van der Waals surface area contributed by atoms with Crippen LogP contribution in [0.4, 0.5) is 0 Å². The second-order valence-electron chi connectivity index (χ2n) is 5.43. The second-order valence-corrected chi connectivity index (χ2v) is 5.43. The quantitative estimate of drug-likeness (QED) is 0.782. The first kappa shape index (κ1) is 13.8. The number of hydrogen-bond donors (Lipinski definition) is 1. The number of unbranched alkanes of at least 4 members (excludes halogenated alkanes) is 1.